The number of benzene rings is 11. The molecule has 11 aromatic carbocycles. The molecule has 12 aromatic rings. The molecule has 0 aliphatic heterocycles. The second-order valence-corrected chi connectivity index (χ2v) is 21.5. The standard InChI is InChI=1S/C66H48N2Si/c1-7-20-49(21-8-1)54-36-44-63-64-47-53(37-45-65(64)68(66(63)48-54)56-26-11-3-12-27-56)52-23-19-22-51(46-52)50-34-38-57(39-35-50)67(55-24-9-2-10-25-55)58-40-42-62(43-41-58)69(59-28-13-4-14-29-59,60-30-15-5-16-31-60)61-32-17-6-18-33-61/h1-48H/q-1. The third-order valence-corrected chi connectivity index (χ3v) is 18.5. The number of rotatable bonds is 11. The van der Waals surface area contributed by atoms with E-state index in [0.29, 0.717) is 0 Å². The van der Waals surface area contributed by atoms with Crippen molar-refractivity contribution in [1.82, 2.24) is 4.57 Å². The molecule has 1 heterocycles. The van der Waals surface area contributed by atoms with E-state index in [1.165, 1.54) is 75.9 Å². The highest BCUT2D eigenvalue weighted by Crippen LogP contribution is 2.39. The first kappa shape index (κ1) is 41.7. The van der Waals surface area contributed by atoms with Crippen molar-refractivity contribution < 1.29 is 0 Å². The molecule has 0 aliphatic rings. The molecule has 0 bridgehead atoms. The smallest absolute Gasteiger partial charge is 0.0547 e. The predicted octanol–water partition coefficient (Wildman–Crippen LogP) is 14.6. The summed E-state index contributed by atoms with van der Waals surface area (Å²) >= 11 is 0. The monoisotopic (exact) mass is 896 g/mol. The van der Waals surface area contributed by atoms with Crippen molar-refractivity contribution in [1.29, 1.82) is 0 Å². The Labute approximate surface area is 405 Å². The van der Waals surface area contributed by atoms with Crippen LogP contribution in [0.3, 0.4) is 0 Å². The molecule has 2 nitrogen and oxygen atoms in total. The van der Waals surface area contributed by atoms with E-state index in [4.69, 9.17) is 0 Å². The summed E-state index contributed by atoms with van der Waals surface area (Å²) in [5, 5.41) is 7.92. The molecule has 0 saturated heterocycles. The Morgan fingerprint density at radius 3 is 1.22 bits per heavy atom. The van der Waals surface area contributed by atoms with E-state index in [9.17, 15) is 0 Å². The average molecular weight is 897 g/mol. The molecule has 327 valence electrons. The number of para-hydroxylation sites is 2. The van der Waals surface area contributed by atoms with E-state index in [0.717, 1.165) is 22.7 Å². The number of aromatic nitrogens is 1. The zero-order valence-corrected chi connectivity index (χ0v) is 39.1. The summed E-state index contributed by atoms with van der Waals surface area (Å²) in [6.45, 7) is 0. The van der Waals surface area contributed by atoms with Gasteiger partial charge in [0, 0.05) is 33.5 Å². The fourth-order valence-corrected chi connectivity index (χ4v) is 15.2. The number of hydrogen-bond donors (Lipinski definition) is 0. The number of nitrogens with zero attached hydrogens (tertiary/aromatic N) is 2. The van der Waals surface area contributed by atoms with Gasteiger partial charge < -0.3 is 9.47 Å². The molecule has 12 rings (SSSR count). The molecule has 0 radical (unpaired) electrons. The lowest BCUT2D eigenvalue weighted by Crippen LogP contribution is -2.74. The van der Waals surface area contributed by atoms with Gasteiger partial charge in [-0.05, 0) is 114 Å². The fraction of sp³-hybridized carbons (Fsp3) is 0. The predicted molar refractivity (Wildman–Crippen MR) is 295 cm³/mol. The van der Waals surface area contributed by atoms with Crippen molar-refractivity contribution in [2.45, 2.75) is 0 Å². The topological polar surface area (TPSA) is 8.17 Å². The molecule has 0 fully saturated rings. The van der Waals surface area contributed by atoms with Crippen molar-refractivity contribution in [2.75, 3.05) is 4.90 Å². The summed E-state index contributed by atoms with van der Waals surface area (Å²) < 4.78 is 2.40. The maximum atomic E-state index is 2.40. The first-order valence-corrected chi connectivity index (χ1v) is 25.7. The summed E-state index contributed by atoms with van der Waals surface area (Å²) in [6, 6.07) is 107. The van der Waals surface area contributed by atoms with E-state index >= 15 is 0 Å². The van der Waals surface area contributed by atoms with Crippen LogP contribution >= 0.6 is 0 Å². The Balaban J connectivity index is 0.900. The van der Waals surface area contributed by atoms with Gasteiger partial charge in [0.1, 0.15) is 0 Å². The minimum Gasteiger partial charge on any atom is -0.311 e. The number of anilines is 3. The minimum absolute atomic E-state index is 1.10. The highest BCUT2D eigenvalue weighted by atomic mass is 28.3. The normalized spacial score (nSPS) is 11.5. The summed E-state index contributed by atoms with van der Waals surface area (Å²) in [7, 11) is -2.66. The molecule has 0 N–H and O–H groups in total. The molecule has 69 heavy (non-hydrogen) atoms. The van der Waals surface area contributed by atoms with Crippen LogP contribution in [0.2, 0.25) is 0 Å². The van der Waals surface area contributed by atoms with Crippen LogP contribution in [0, 0.1) is 0 Å². The van der Waals surface area contributed by atoms with Gasteiger partial charge >= 0.3 is 0 Å². The minimum atomic E-state index is -2.66. The third kappa shape index (κ3) is 7.65. The van der Waals surface area contributed by atoms with Gasteiger partial charge in [0.25, 0.3) is 0 Å². The van der Waals surface area contributed by atoms with Crippen molar-refractivity contribution in [3.05, 3.63) is 291 Å². The molecular weight excluding hydrogens is 849 g/mol. The van der Waals surface area contributed by atoms with Crippen LogP contribution in [0.1, 0.15) is 0 Å². The van der Waals surface area contributed by atoms with E-state index < -0.39 is 8.07 Å². The second kappa shape index (κ2) is 18.1. The third-order valence-electron chi connectivity index (χ3n) is 13.7. The van der Waals surface area contributed by atoms with Gasteiger partial charge in [-0.1, -0.05) is 218 Å². The Hall–Kier alpha value is -8.76. The van der Waals surface area contributed by atoms with E-state index in [1.807, 2.05) is 0 Å². The highest BCUT2D eigenvalue weighted by Gasteiger charge is 2.28. The molecule has 0 atom stereocenters. The Morgan fingerprint density at radius 1 is 0.246 bits per heavy atom. The van der Waals surface area contributed by atoms with Gasteiger partial charge in [-0.25, -0.2) is 0 Å². The van der Waals surface area contributed by atoms with Gasteiger partial charge in [-0.2, -0.15) is 20.7 Å². The lowest BCUT2D eigenvalue weighted by molar-refractivity contribution is 1.18. The summed E-state index contributed by atoms with van der Waals surface area (Å²) in [5.74, 6) is 0. The molecule has 0 aliphatic carbocycles. The first-order valence-electron chi connectivity index (χ1n) is 23.7. The van der Waals surface area contributed by atoms with Crippen LogP contribution in [-0.4, -0.2) is 12.6 Å². The van der Waals surface area contributed by atoms with E-state index in [-0.39, 0.29) is 0 Å². The molecule has 3 heteroatoms. The Kier molecular flexibility index (Phi) is 11.0. The largest absolute Gasteiger partial charge is 0.311 e. The van der Waals surface area contributed by atoms with Crippen LogP contribution < -0.4 is 25.6 Å². The first-order chi connectivity index (χ1) is 34.2. The molecule has 1 aromatic heterocycles. The summed E-state index contributed by atoms with van der Waals surface area (Å²) in [6.07, 6.45) is 0. The molecule has 0 saturated carbocycles. The number of fused-ring (bicyclic) bond motifs is 3. The lowest BCUT2D eigenvalue weighted by atomic mass is 9.97. The van der Waals surface area contributed by atoms with Gasteiger partial charge in [0.15, 0.2) is 0 Å². The average Bonchev–Trinajstić information content (AvgIpc) is 3.76. The molecular formula is C66H48N2Si-. The van der Waals surface area contributed by atoms with Crippen LogP contribution in [-0.2, 0) is 0 Å². The van der Waals surface area contributed by atoms with Crippen molar-refractivity contribution in [3.8, 4) is 39.1 Å². The molecule has 0 unspecified atom stereocenters. The van der Waals surface area contributed by atoms with Crippen LogP contribution in [0.25, 0.3) is 60.9 Å². The molecule has 0 spiro atoms. The fourth-order valence-electron chi connectivity index (χ4n) is 10.5. The highest BCUT2D eigenvalue weighted by molar-refractivity contribution is 7.19. The Morgan fingerprint density at radius 2 is 0.638 bits per heavy atom. The van der Waals surface area contributed by atoms with E-state index in [2.05, 4.69) is 301 Å². The summed E-state index contributed by atoms with van der Waals surface area (Å²) in [5.41, 5.74) is 14.0. The SMILES string of the molecule is c1ccc(-c2ccc3c4cc(-c5cccc(-c6ccc(N(c7ccccc7)c7ccc([Si-](c8ccccc8)(c8ccccc8)c8ccccc8)cc7)cc6)c5)ccc4n(-c4ccccc4)c3c2)cc1. The van der Waals surface area contributed by atoms with Crippen molar-refractivity contribution in [3.63, 3.8) is 0 Å². The lowest BCUT2D eigenvalue weighted by Gasteiger charge is -2.47. The quantitative estimate of drug-likeness (QED) is 0.0928. The van der Waals surface area contributed by atoms with Crippen LogP contribution in [0.15, 0.2) is 291 Å². The van der Waals surface area contributed by atoms with Crippen molar-refractivity contribution in [2.24, 2.45) is 0 Å². The molecule has 0 amide bonds. The van der Waals surface area contributed by atoms with Crippen molar-refractivity contribution >= 4 is 67.7 Å². The van der Waals surface area contributed by atoms with Gasteiger partial charge in [-0.3, -0.25) is 0 Å². The van der Waals surface area contributed by atoms with Crippen LogP contribution in [0.4, 0.5) is 17.1 Å². The van der Waals surface area contributed by atoms with Gasteiger partial charge in [-0.15, -0.1) is 0 Å². The second-order valence-electron chi connectivity index (χ2n) is 17.7. The van der Waals surface area contributed by atoms with E-state index in [1.54, 1.807) is 0 Å². The maximum absolute atomic E-state index is 2.66. The zero-order valence-electron chi connectivity index (χ0n) is 38.1. The zero-order chi connectivity index (χ0) is 46.0. The van der Waals surface area contributed by atoms with Gasteiger partial charge in [0.2, 0.25) is 0 Å². The van der Waals surface area contributed by atoms with Gasteiger partial charge in [0.05, 0.1) is 11.0 Å². The Bertz CT molecular complexity index is 3570. The summed E-state index contributed by atoms with van der Waals surface area (Å²) in [4.78, 5) is 2.37. The maximum Gasteiger partial charge on any atom is 0.0547 e. The van der Waals surface area contributed by atoms with Crippen LogP contribution in [0.5, 0.6) is 0 Å². The number of hydrogen-bond acceptors (Lipinski definition) is 1.